The number of phosphoric ester groups is 1. The van der Waals surface area contributed by atoms with Gasteiger partial charge in [-0.1, -0.05) is 332 Å². The molecule has 0 aromatic carbocycles. The number of hydrogen-bond donors (Lipinski definition) is 2. The van der Waals surface area contributed by atoms with Crippen molar-refractivity contribution in [1.29, 1.82) is 0 Å². The van der Waals surface area contributed by atoms with Gasteiger partial charge in [-0.15, -0.1) is 0 Å². The second-order valence-corrected chi connectivity index (χ2v) is 27.0. The second-order valence-electron chi connectivity index (χ2n) is 25.6. The number of allylic oxidation sites excluding steroid dienone is 7. The van der Waals surface area contributed by atoms with Crippen LogP contribution in [-0.4, -0.2) is 68.5 Å². The summed E-state index contributed by atoms with van der Waals surface area (Å²) in [6.45, 7) is 4.66. The molecule has 0 aromatic heterocycles. The summed E-state index contributed by atoms with van der Waals surface area (Å²) in [5, 5.41) is 13.9. The zero-order chi connectivity index (χ0) is 59.1. The first-order valence-electron chi connectivity index (χ1n) is 35.5. The van der Waals surface area contributed by atoms with Crippen LogP contribution in [0.1, 0.15) is 354 Å². The van der Waals surface area contributed by atoms with Gasteiger partial charge in [-0.3, -0.25) is 9.36 Å². The largest absolute Gasteiger partial charge is 0.756 e. The van der Waals surface area contributed by atoms with Crippen LogP contribution in [0.25, 0.3) is 0 Å². The van der Waals surface area contributed by atoms with E-state index in [1.54, 1.807) is 6.08 Å². The minimum atomic E-state index is -4.61. The SMILES string of the molecule is CCCCCCC/C=C\C/C=C\CCCCCCCCCCCCCCCCCCCCCCCCCCCCCCCC(=O)NC(COP(=O)([O-])OCC[N+](C)(C)C)C(O)/C=C/CC/C=C/CCCCCCCCCCCCCC. The summed E-state index contributed by atoms with van der Waals surface area (Å²) in [6.07, 6.45) is 85.4. The Hall–Kier alpha value is -1.54. The van der Waals surface area contributed by atoms with Crippen LogP contribution in [0.5, 0.6) is 0 Å². The Morgan fingerprint density at radius 1 is 0.432 bits per heavy atom. The van der Waals surface area contributed by atoms with Gasteiger partial charge in [0.1, 0.15) is 13.2 Å². The van der Waals surface area contributed by atoms with Crippen LogP contribution in [0.2, 0.25) is 0 Å². The van der Waals surface area contributed by atoms with Gasteiger partial charge in [0.2, 0.25) is 5.91 Å². The van der Waals surface area contributed by atoms with Gasteiger partial charge in [0.05, 0.1) is 39.9 Å². The molecule has 0 spiro atoms. The Morgan fingerprint density at radius 2 is 0.728 bits per heavy atom. The summed E-state index contributed by atoms with van der Waals surface area (Å²) in [7, 11) is 1.26. The highest BCUT2D eigenvalue weighted by atomic mass is 31.2. The van der Waals surface area contributed by atoms with E-state index in [-0.39, 0.29) is 19.1 Å². The molecule has 0 heterocycles. The number of carbonyl (C=O) groups excluding carboxylic acids is 1. The lowest BCUT2D eigenvalue weighted by Gasteiger charge is -2.29. The Labute approximate surface area is 505 Å². The molecule has 0 saturated heterocycles. The number of nitrogens with zero attached hydrogens (tertiary/aromatic N) is 1. The van der Waals surface area contributed by atoms with Crippen LogP contribution in [-0.2, 0) is 18.4 Å². The lowest BCUT2D eigenvalue weighted by Crippen LogP contribution is -2.45. The average Bonchev–Trinajstić information content (AvgIpc) is 3.43. The average molecular weight is 1160 g/mol. The predicted molar refractivity (Wildman–Crippen MR) is 353 cm³/mol. The highest BCUT2D eigenvalue weighted by Crippen LogP contribution is 2.38. The van der Waals surface area contributed by atoms with E-state index in [9.17, 15) is 19.4 Å². The summed E-state index contributed by atoms with van der Waals surface area (Å²) < 4.78 is 23.4. The normalized spacial score (nSPS) is 13.9. The van der Waals surface area contributed by atoms with Crippen LogP contribution in [0.15, 0.2) is 48.6 Å². The summed E-state index contributed by atoms with van der Waals surface area (Å²) >= 11 is 0. The number of amides is 1. The van der Waals surface area contributed by atoms with Gasteiger partial charge in [0, 0.05) is 6.42 Å². The van der Waals surface area contributed by atoms with E-state index >= 15 is 0 Å². The highest BCUT2D eigenvalue weighted by Gasteiger charge is 2.23. The molecule has 0 aromatic rings. The molecule has 3 atom stereocenters. The second kappa shape index (κ2) is 63.0. The van der Waals surface area contributed by atoms with Crippen molar-refractivity contribution >= 4 is 13.7 Å². The topological polar surface area (TPSA) is 108 Å². The van der Waals surface area contributed by atoms with Gasteiger partial charge in [-0.2, -0.15) is 0 Å². The highest BCUT2D eigenvalue weighted by molar-refractivity contribution is 7.45. The third kappa shape index (κ3) is 65.9. The van der Waals surface area contributed by atoms with Crippen LogP contribution in [0.3, 0.4) is 0 Å². The maximum absolute atomic E-state index is 13.0. The van der Waals surface area contributed by atoms with Gasteiger partial charge >= 0.3 is 0 Å². The van der Waals surface area contributed by atoms with E-state index < -0.39 is 20.0 Å². The number of rotatable bonds is 66. The lowest BCUT2D eigenvalue weighted by atomic mass is 10.0. The monoisotopic (exact) mass is 1160 g/mol. The van der Waals surface area contributed by atoms with Crippen molar-refractivity contribution in [3.05, 3.63) is 48.6 Å². The van der Waals surface area contributed by atoms with Gasteiger partial charge < -0.3 is 28.8 Å². The molecule has 8 nitrogen and oxygen atoms in total. The van der Waals surface area contributed by atoms with Crippen molar-refractivity contribution in [2.45, 2.75) is 366 Å². The van der Waals surface area contributed by atoms with Crippen LogP contribution in [0.4, 0.5) is 0 Å². The molecule has 478 valence electrons. The van der Waals surface area contributed by atoms with Crippen LogP contribution in [0, 0.1) is 0 Å². The van der Waals surface area contributed by atoms with Crippen molar-refractivity contribution in [1.82, 2.24) is 5.32 Å². The van der Waals surface area contributed by atoms with E-state index in [0.717, 1.165) is 44.9 Å². The lowest BCUT2D eigenvalue weighted by molar-refractivity contribution is -0.870. The minimum Gasteiger partial charge on any atom is -0.756 e. The number of likely N-dealkylation sites (N-methyl/N-ethyl adjacent to an activating group) is 1. The molecule has 3 unspecified atom stereocenters. The summed E-state index contributed by atoms with van der Waals surface area (Å²) in [5.74, 6) is -0.200. The zero-order valence-electron chi connectivity index (χ0n) is 54.8. The summed E-state index contributed by atoms with van der Waals surface area (Å²) in [4.78, 5) is 25.6. The molecule has 0 saturated carbocycles. The van der Waals surface area contributed by atoms with Crippen LogP contribution >= 0.6 is 7.82 Å². The number of aliphatic hydroxyl groups excluding tert-OH is 1. The van der Waals surface area contributed by atoms with Crippen molar-refractivity contribution in [2.24, 2.45) is 0 Å². The molecule has 1 amide bonds. The Morgan fingerprint density at radius 3 is 1.07 bits per heavy atom. The van der Waals surface area contributed by atoms with Crippen molar-refractivity contribution in [3.63, 3.8) is 0 Å². The van der Waals surface area contributed by atoms with E-state index in [4.69, 9.17) is 9.05 Å². The smallest absolute Gasteiger partial charge is 0.268 e. The van der Waals surface area contributed by atoms with Crippen molar-refractivity contribution < 1.29 is 32.9 Å². The Balaban J connectivity index is 3.90. The minimum absolute atomic E-state index is 0.00472. The zero-order valence-corrected chi connectivity index (χ0v) is 55.6. The third-order valence-corrected chi connectivity index (χ3v) is 17.2. The number of nitrogens with one attached hydrogen (secondary N) is 1. The number of carbonyl (C=O) groups is 1. The molecular weight excluding hydrogens is 1020 g/mol. The van der Waals surface area contributed by atoms with E-state index in [2.05, 4.69) is 55.6 Å². The fraction of sp³-hybridized carbons (Fsp3) is 0.875. The summed E-state index contributed by atoms with van der Waals surface area (Å²) in [6, 6.07) is -0.902. The Kier molecular flexibility index (Phi) is 61.8. The Bertz CT molecular complexity index is 1460. The molecule has 0 bridgehead atoms. The first-order chi connectivity index (χ1) is 39.5. The quantitative estimate of drug-likeness (QED) is 0.0272. The maximum atomic E-state index is 13.0. The number of unbranched alkanes of at least 4 members (excludes halogenated alkanes) is 47. The summed E-state index contributed by atoms with van der Waals surface area (Å²) in [5.41, 5.74) is 0. The predicted octanol–water partition coefficient (Wildman–Crippen LogP) is 22.0. The van der Waals surface area contributed by atoms with E-state index in [0.29, 0.717) is 17.4 Å². The molecule has 0 aliphatic rings. The fourth-order valence-electron chi connectivity index (χ4n) is 10.7. The number of quaternary nitrogens is 1. The molecule has 0 rings (SSSR count). The van der Waals surface area contributed by atoms with Gasteiger partial charge in [-0.05, 0) is 64.2 Å². The first-order valence-corrected chi connectivity index (χ1v) is 37.0. The molecule has 0 aliphatic heterocycles. The van der Waals surface area contributed by atoms with E-state index in [1.807, 2.05) is 27.2 Å². The molecule has 0 fully saturated rings. The number of aliphatic hydroxyl groups is 1. The molecule has 9 heteroatoms. The molecular formula is C72H139N2O6P. The van der Waals surface area contributed by atoms with Gasteiger partial charge in [-0.25, -0.2) is 0 Å². The molecule has 0 radical (unpaired) electrons. The van der Waals surface area contributed by atoms with Gasteiger partial charge in [0.15, 0.2) is 0 Å². The standard InChI is InChI=1S/C72H139N2O6P/c1-6-8-10-12-14-16-18-20-22-24-26-27-28-29-30-31-32-33-34-35-36-37-38-39-40-41-42-43-44-45-46-47-48-50-52-54-56-58-60-62-64-66-72(76)73-70(69-80-81(77,78)79-68-67-74(3,4)5)71(75)65-63-61-59-57-55-53-51-49-25-23-21-19-17-15-13-11-9-7-2/h18,20,24,26,55,57,63,65,70-71,75H,6-17,19,21-23,25,27-54,56,58-62,64,66-69H2,1-5H3,(H-,73,76,77,78)/b20-18-,26-24-,57-55+,65-63+. The van der Waals surface area contributed by atoms with Crippen LogP contribution < -0.4 is 10.2 Å². The van der Waals surface area contributed by atoms with Gasteiger partial charge in [0.25, 0.3) is 7.82 Å². The van der Waals surface area contributed by atoms with Crippen molar-refractivity contribution in [3.8, 4) is 0 Å². The maximum Gasteiger partial charge on any atom is 0.268 e. The van der Waals surface area contributed by atoms with Crippen molar-refractivity contribution in [2.75, 3.05) is 40.9 Å². The van der Waals surface area contributed by atoms with E-state index in [1.165, 1.54) is 289 Å². The number of phosphoric acid groups is 1. The first kappa shape index (κ1) is 79.5. The molecule has 2 N–H and O–H groups in total. The fourth-order valence-corrected chi connectivity index (χ4v) is 11.5. The molecule has 81 heavy (non-hydrogen) atoms. The molecule has 0 aliphatic carbocycles. The number of hydrogen-bond acceptors (Lipinski definition) is 6. The third-order valence-electron chi connectivity index (χ3n) is 16.3.